The predicted octanol–water partition coefficient (Wildman–Crippen LogP) is 2.66. The zero-order valence-corrected chi connectivity index (χ0v) is 11.9. The molecule has 0 radical (unpaired) electrons. The summed E-state index contributed by atoms with van der Waals surface area (Å²) in [7, 11) is 0. The minimum absolute atomic E-state index is 0.687. The first-order valence-corrected chi connectivity index (χ1v) is 7.21. The predicted molar refractivity (Wildman–Crippen MR) is 74.6 cm³/mol. The van der Waals surface area contributed by atoms with Crippen LogP contribution in [0.5, 0.6) is 0 Å². The van der Waals surface area contributed by atoms with Crippen LogP contribution in [0.25, 0.3) is 0 Å². The zero-order chi connectivity index (χ0) is 13.0. The van der Waals surface area contributed by atoms with Gasteiger partial charge in [0.25, 0.3) is 0 Å². The molecular weight excluding hydrogens is 224 g/mol. The maximum absolute atomic E-state index is 5.68. The summed E-state index contributed by atoms with van der Waals surface area (Å²) >= 11 is 0. The summed E-state index contributed by atoms with van der Waals surface area (Å²) in [4.78, 5) is 2.56. The third-order valence-electron chi connectivity index (χ3n) is 3.85. The van der Waals surface area contributed by atoms with E-state index in [9.17, 15) is 0 Å². The third-order valence-corrected chi connectivity index (χ3v) is 3.85. The molecule has 18 heavy (non-hydrogen) atoms. The Labute approximate surface area is 111 Å². The molecule has 0 bridgehead atoms. The van der Waals surface area contributed by atoms with E-state index in [0.29, 0.717) is 6.04 Å². The summed E-state index contributed by atoms with van der Waals surface area (Å²) in [6.45, 7) is 11.1. The number of hydrogen-bond acceptors (Lipinski definition) is 3. The van der Waals surface area contributed by atoms with Gasteiger partial charge in [-0.15, -0.1) is 0 Å². The molecule has 1 aromatic heterocycles. The van der Waals surface area contributed by atoms with Gasteiger partial charge in [-0.2, -0.15) is 0 Å². The highest BCUT2D eigenvalue weighted by atomic mass is 16.3. The van der Waals surface area contributed by atoms with E-state index in [-0.39, 0.29) is 0 Å². The Morgan fingerprint density at radius 2 is 2.17 bits per heavy atom. The summed E-state index contributed by atoms with van der Waals surface area (Å²) in [6, 6.07) is 4.85. The van der Waals surface area contributed by atoms with Crippen LogP contribution >= 0.6 is 0 Å². The number of hydrogen-bond donors (Lipinski definition) is 1. The van der Waals surface area contributed by atoms with E-state index < -0.39 is 0 Å². The topological polar surface area (TPSA) is 28.4 Å². The zero-order valence-electron chi connectivity index (χ0n) is 11.9. The van der Waals surface area contributed by atoms with Gasteiger partial charge in [0.1, 0.15) is 11.5 Å². The van der Waals surface area contributed by atoms with Gasteiger partial charge in [-0.1, -0.05) is 6.92 Å². The van der Waals surface area contributed by atoms with Gasteiger partial charge < -0.3 is 14.6 Å². The molecule has 0 aliphatic carbocycles. The number of likely N-dealkylation sites (tertiary alicyclic amines) is 1. The molecule has 2 rings (SSSR count). The maximum atomic E-state index is 5.68. The molecule has 3 heteroatoms. The lowest BCUT2D eigenvalue weighted by molar-refractivity contribution is 0.263. The monoisotopic (exact) mass is 250 g/mol. The molecule has 1 saturated heterocycles. The molecule has 1 aliphatic rings. The van der Waals surface area contributed by atoms with Crippen LogP contribution in [0.1, 0.15) is 38.7 Å². The minimum atomic E-state index is 0.687. The quantitative estimate of drug-likeness (QED) is 0.841. The fourth-order valence-corrected chi connectivity index (χ4v) is 2.61. The van der Waals surface area contributed by atoms with Gasteiger partial charge in [0, 0.05) is 19.0 Å². The van der Waals surface area contributed by atoms with E-state index in [1.807, 2.05) is 0 Å². The molecule has 2 heterocycles. The molecule has 1 fully saturated rings. The molecule has 1 unspecified atom stereocenters. The third kappa shape index (κ3) is 3.59. The van der Waals surface area contributed by atoms with Crippen molar-refractivity contribution < 1.29 is 4.42 Å². The standard InChI is InChI=1S/C15H26N2O/c1-4-14-5-6-15(18-14)10-16-9-13-7-8-17(11-13)12(2)3/h5-6,12-13,16H,4,7-11H2,1-3H3. The summed E-state index contributed by atoms with van der Waals surface area (Å²) in [6.07, 6.45) is 2.30. The first-order valence-electron chi connectivity index (χ1n) is 7.21. The molecule has 1 aliphatic heterocycles. The molecule has 1 N–H and O–H groups in total. The van der Waals surface area contributed by atoms with Crippen LogP contribution in [0.4, 0.5) is 0 Å². The van der Waals surface area contributed by atoms with E-state index in [1.165, 1.54) is 19.5 Å². The normalized spacial score (nSPS) is 21.0. The van der Waals surface area contributed by atoms with Gasteiger partial charge in [-0.25, -0.2) is 0 Å². The number of furan rings is 1. The van der Waals surface area contributed by atoms with Crippen molar-refractivity contribution in [2.24, 2.45) is 5.92 Å². The van der Waals surface area contributed by atoms with Crippen molar-refractivity contribution >= 4 is 0 Å². The van der Waals surface area contributed by atoms with Crippen LogP contribution in [0.3, 0.4) is 0 Å². The van der Waals surface area contributed by atoms with E-state index in [0.717, 1.165) is 36.9 Å². The average Bonchev–Trinajstić information content (AvgIpc) is 2.97. The van der Waals surface area contributed by atoms with Crippen molar-refractivity contribution in [2.75, 3.05) is 19.6 Å². The second-order valence-corrected chi connectivity index (χ2v) is 5.60. The Bertz CT molecular complexity index is 359. The lowest BCUT2D eigenvalue weighted by Gasteiger charge is -2.20. The van der Waals surface area contributed by atoms with Crippen LogP contribution in [0, 0.1) is 5.92 Å². The molecular formula is C15H26N2O. The van der Waals surface area contributed by atoms with Gasteiger partial charge in [-0.3, -0.25) is 0 Å². The average molecular weight is 250 g/mol. The van der Waals surface area contributed by atoms with Gasteiger partial charge >= 0.3 is 0 Å². The highest BCUT2D eigenvalue weighted by Gasteiger charge is 2.23. The van der Waals surface area contributed by atoms with Gasteiger partial charge in [0.05, 0.1) is 6.54 Å². The van der Waals surface area contributed by atoms with Crippen molar-refractivity contribution in [3.05, 3.63) is 23.7 Å². The van der Waals surface area contributed by atoms with Gasteiger partial charge in [0.15, 0.2) is 0 Å². The largest absolute Gasteiger partial charge is 0.465 e. The second-order valence-electron chi connectivity index (χ2n) is 5.60. The summed E-state index contributed by atoms with van der Waals surface area (Å²) in [5.41, 5.74) is 0. The highest BCUT2D eigenvalue weighted by Crippen LogP contribution is 2.17. The van der Waals surface area contributed by atoms with Gasteiger partial charge in [-0.05, 0) is 51.4 Å². The van der Waals surface area contributed by atoms with Crippen LogP contribution in [0.15, 0.2) is 16.5 Å². The van der Waals surface area contributed by atoms with Crippen LogP contribution < -0.4 is 5.32 Å². The summed E-state index contributed by atoms with van der Waals surface area (Å²) < 4.78 is 5.68. The summed E-state index contributed by atoms with van der Waals surface area (Å²) in [5.74, 6) is 2.94. The molecule has 102 valence electrons. The van der Waals surface area contributed by atoms with Crippen molar-refractivity contribution in [2.45, 2.75) is 46.2 Å². The SMILES string of the molecule is CCc1ccc(CNCC2CCN(C(C)C)C2)o1. The lowest BCUT2D eigenvalue weighted by atomic mass is 10.1. The maximum Gasteiger partial charge on any atom is 0.117 e. The molecule has 3 nitrogen and oxygen atoms in total. The molecule has 0 spiro atoms. The molecule has 1 aromatic rings. The summed E-state index contributed by atoms with van der Waals surface area (Å²) in [5, 5.41) is 3.52. The Balaban J connectivity index is 1.67. The highest BCUT2D eigenvalue weighted by molar-refractivity contribution is 5.06. The van der Waals surface area contributed by atoms with Crippen molar-refractivity contribution in [1.82, 2.24) is 10.2 Å². The van der Waals surface area contributed by atoms with Crippen molar-refractivity contribution in [3.63, 3.8) is 0 Å². The molecule has 0 amide bonds. The van der Waals surface area contributed by atoms with E-state index in [2.05, 4.69) is 43.1 Å². The second kappa shape index (κ2) is 6.39. The lowest BCUT2D eigenvalue weighted by Crippen LogP contribution is -2.30. The minimum Gasteiger partial charge on any atom is -0.465 e. The van der Waals surface area contributed by atoms with Crippen LogP contribution in [-0.4, -0.2) is 30.6 Å². The van der Waals surface area contributed by atoms with Gasteiger partial charge in [0.2, 0.25) is 0 Å². The Morgan fingerprint density at radius 1 is 1.39 bits per heavy atom. The Hall–Kier alpha value is -0.800. The number of nitrogens with one attached hydrogen (secondary N) is 1. The van der Waals surface area contributed by atoms with Crippen molar-refractivity contribution in [1.29, 1.82) is 0 Å². The van der Waals surface area contributed by atoms with Crippen molar-refractivity contribution in [3.8, 4) is 0 Å². The van der Waals surface area contributed by atoms with E-state index in [1.54, 1.807) is 0 Å². The number of nitrogens with zero attached hydrogens (tertiary/aromatic N) is 1. The first kappa shape index (κ1) is 13.6. The Morgan fingerprint density at radius 3 is 2.78 bits per heavy atom. The number of aryl methyl sites for hydroxylation is 1. The van der Waals surface area contributed by atoms with Crippen LogP contribution in [0.2, 0.25) is 0 Å². The molecule has 0 saturated carbocycles. The van der Waals surface area contributed by atoms with Crippen LogP contribution in [-0.2, 0) is 13.0 Å². The first-order chi connectivity index (χ1) is 8.69. The fourth-order valence-electron chi connectivity index (χ4n) is 2.61. The fraction of sp³-hybridized carbons (Fsp3) is 0.733. The van der Waals surface area contributed by atoms with E-state index >= 15 is 0 Å². The molecule has 0 aromatic carbocycles. The smallest absolute Gasteiger partial charge is 0.117 e. The van der Waals surface area contributed by atoms with E-state index in [4.69, 9.17) is 4.42 Å². The Kier molecular flexibility index (Phi) is 4.84. The number of rotatable bonds is 6. The molecule has 1 atom stereocenters.